The molecule has 1 aromatic heterocycles. The molecule has 1 aliphatic rings. The van der Waals surface area contributed by atoms with Crippen LogP contribution < -0.4 is 10.2 Å². The van der Waals surface area contributed by atoms with Gasteiger partial charge in [0.15, 0.2) is 4.47 Å². The van der Waals surface area contributed by atoms with Crippen LogP contribution in [0.15, 0.2) is 30.5 Å². The molecule has 0 unspecified atom stereocenters. The first kappa shape index (κ1) is 17.0. The van der Waals surface area contributed by atoms with Crippen LogP contribution in [0.1, 0.15) is 18.2 Å². The molecule has 0 spiro atoms. The highest BCUT2D eigenvalue weighted by atomic mass is 35.5. The minimum absolute atomic E-state index is 0.166. The van der Waals surface area contributed by atoms with Gasteiger partial charge in [0.2, 0.25) is 5.91 Å². The van der Waals surface area contributed by atoms with Crippen LogP contribution in [0.4, 0.5) is 11.4 Å². The van der Waals surface area contributed by atoms with Crippen molar-refractivity contribution in [3.8, 4) is 0 Å². The molecule has 0 atom stereocenters. The number of thiazole rings is 1. The van der Waals surface area contributed by atoms with E-state index in [0.29, 0.717) is 4.47 Å². The average Bonchev–Trinajstić information content (AvgIpc) is 2.84. The number of amides is 1. The van der Waals surface area contributed by atoms with E-state index in [1.807, 2.05) is 4.90 Å². The quantitative estimate of drug-likeness (QED) is 0.902. The van der Waals surface area contributed by atoms with E-state index in [1.165, 1.54) is 17.0 Å². The lowest BCUT2D eigenvalue weighted by molar-refractivity contribution is -0.128. The zero-order chi connectivity index (χ0) is 16.9. The summed E-state index contributed by atoms with van der Waals surface area (Å²) in [6.07, 6.45) is 2.80. The second-order valence-corrected chi connectivity index (χ2v) is 7.52. The molecule has 2 heterocycles. The molecule has 0 radical (unpaired) electrons. The van der Waals surface area contributed by atoms with Crippen LogP contribution >= 0.6 is 22.9 Å². The van der Waals surface area contributed by atoms with Gasteiger partial charge in [-0.05, 0) is 30.7 Å². The molecule has 1 aliphatic heterocycles. The number of aromatic nitrogens is 1. The Balaban J connectivity index is 1.56. The van der Waals surface area contributed by atoms with Crippen LogP contribution in [0, 0.1) is 0 Å². The smallest absolute Gasteiger partial charge is 0.219 e. The Kier molecular flexibility index (Phi) is 5.58. The highest BCUT2D eigenvalue weighted by Gasteiger charge is 2.16. The Labute approximate surface area is 151 Å². The Morgan fingerprint density at radius 3 is 2.71 bits per heavy atom. The molecule has 1 fully saturated rings. The first-order valence-corrected chi connectivity index (χ1v) is 9.26. The van der Waals surface area contributed by atoms with Crippen molar-refractivity contribution in [1.29, 1.82) is 0 Å². The molecule has 0 saturated carbocycles. The molecule has 0 bridgehead atoms. The van der Waals surface area contributed by atoms with Crippen LogP contribution in [0.5, 0.6) is 0 Å². The van der Waals surface area contributed by atoms with Crippen molar-refractivity contribution in [3.05, 3.63) is 39.8 Å². The Bertz CT molecular complexity index is 688. The van der Waals surface area contributed by atoms with Crippen LogP contribution in [0.2, 0.25) is 4.47 Å². The van der Waals surface area contributed by atoms with Crippen molar-refractivity contribution in [2.75, 3.05) is 36.4 Å². The first-order valence-electron chi connectivity index (χ1n) is 8.06. The number of nitrogens with zero attached hydrogens (tertiary/aromatic N) is 3. The third-order valence-electron chi connectivity index (χ3n) is 4.17. The molecule has 1 saturated heterocycles. The van der Waals surface area contributed by atoms with Gasteiger partial charge < -0.3 is 15.1 Å². The van der Waals surface area contributed by atoms with Gasteiger partial charge in [0, 0.05) is 55.6 Å². The van der Waals surface area contributed by atoms with Crippen LogP contribution in [-0.4, -0.2) is 42.0 Å². The summed E-state index contributed by atoms with van der Waals surface area (Å²) >= 11 is 7.33. The lowest BCUT2D eigenvalue weighted by Gasteiger charge is -2.23. The first-order chi connectivity index (χ1) is 11.6. The molecule has 2 aromatic rings. The third-order valence-corrected chi connectivity index (χ3v) is 5.28. The minimum atomic E-state index is 0.166. The molecule has 0 aliphatic carbocycles. The fourth-order valence-electron chi connectivity index (χ4n) is 2.84. The summed E-state index contributed by atoms with van der Waals surface area (Å²) in [5, 5.41) is 3.38. The minimum Gasteiger partial charge on any atom is -0.380 e. The Hall–Kier alpha value is -1.79. The second kappa shape index (κ2) is 7.85. The van der Waals surface area contributed by atoms with Crippen molar-refractivity contribution in [1.82, 2.24) is 9.88 Å². The summed E-state index contributed by atoms with van der Waals surface area (Å²) in [4.78, 5) is 20.9. The van der Waals surface area contributed by atoms with Gasteiger partial charge in [-0.3, -0.25) is 4.79 Å². The van der Waals surface area contributed by atoms with Crippen LogP contribution in [-0.2, 0) is 11.3 Å². The third kappa shape index (κ3) is 4.39. The lowest BCUT2D eigenvalue weighted by atomic mass is 10.2. The van der Waals surface area contributed by atoms with Gasteiger partial charge >= 0.3 is 0 Å². The standard InChI is InChI=1S/C17H21ClN4OS/c1-13(23)21-7-2-8-22(10-9-21)15-5-3-14(4-6-15)19-11-16-12-20-17(18)24-16/h3-6,12,19H,2,7-11H2,1H3. The summed E-state index contributed by atoms with van der Waals surface area (Å²) in [7, 11) is 0. The van der Waals surface area contributed by atoms with Crippen molar-refractivity contribution in [2.45, 2.75) is 19.9 Å². The predicted octanol–water partition coefficient (Wildman–Crippen LogP) is 3.47. The molecule has 1 aromatic carbocycles. The summed E-state index contributed by atoms with van der Waals surface area (Å²) in [6, 6.07) is 8.44. The largest absolute Gasteiger partial charge is 0.380 e. The molecule has 7 heteroatoms. The Morgan fingerprint density at radius 1 is 1.25 bits per heavy atom. The lowest BCUT2D eigenvalue weighted by Crippen LogP contribution is -2.33. The summed E-state index contributed by atoms with van der Waals surface area (Å²) in [6.45, 7) is 5.87. The highest BCUT2D eigenvalue weighted by molar-refractivity contribution is 7.15. The number of rotatable bonds is 4. The fourth-order valence-corrected chi connectivity index (χ4v) is 3.75. The van der Waals surface area contributed by atoms with Gasteiger partial charge in [-0.1, -0.05) is 11.6 Å². The van der Waals surface area contributed by atoms with E-state index in [2.05, 4.69) is 39.5 Å². The van der Waals surface area contributed by atoms with Gasteiger partial charge in [-0.2, -0.15) is 0 Å². The summed E-state index contributed by atoms with van der Waals surface area (Å²) in [5.74, 6) is 0.166. The molecule has 24 heavy (non-hydrogen) atoms. The van der Waals surface area contributed by atoms with E-state index in [-0.39, 0.29) is 5.91 Å². The van der Waals surface area contributed by atoms with Crippen molar-refractivity contribution < 1.29 is 4.79 Å². The van der Waals surface area contributed by atoms with Crippen molar-refractivity contribution >= 4 is 40.2 Å². The van der Waals surface area contributed by atoms with E-state index in [0.717, 1.165) is 49.7 Å². The zero-order valence-electron chi connectivity index (χ0n) is 13.7. The van der Waals surface area contributed by atoms with Gasteiger partial charge in [-0.25, -0.2) is 4.98 Å². The Morgan fingerprint density at radius 2 is 2.04 bits per heavy atom. The van der Waals surface area contributed by atoms with Crippen LogP contribution in [0.3, 0.4) is 0 Å². The number of carbonyl (C=O) groups excluding carboxylic acids is 1. The number of halogens is 1. The number of benzene rings is 1. The van der Waals surface area contributed by atoms with E-state index in [4.69, 9.17) is 11.6 Å². The van der Waals surface area contributed by atoms with Gasteiger partial charge in [-0.15, -0.1) is 11.3 Å². The van der Waals surface area contributed by atoms with Gasteiger partial charge in [0.05, 0.1) is 6.54 Å². The maximum atomic E-state index is 11.5. The number of anilines is 2. The normalized spacial score (nSPS) is 15.2. The number of nitrogens with one attached hydrogen (secondary N) is 1. The zero-order valence-corrected chi connectivity index (χ0v) is 15.2. The highest BCUT2D eigenvalue weighted by Crippen LogP contribution is 2.22. The van der Waals surface area contributed by atoms with Gasteiger partial charge in [0.25, 0.3) is 0 Å². The maximum Gasteiger partial charge on any atom is 0.219 e. The maximum absolute atomic E-state index is 11.5. The van der Waals surface area contributed by atoms with Gasteiger partial charge in [0.1, 0.15) is 0 Å². The van der Waals surface area contributed by atoms with Crippen molar-refractivity contribution in [3.63, 3.8) is 0 Å². The SMILES string of the molecule is CC(=O)N1CCCN(c2ccc(NCc3cnc(Cl)s3)cc2)CC1. The number of hydrogen-bond acceptors (Lipinski definition) is 5. The summed E-state index contributed by atoms with van der Waals surface area (Å²) in [5.41, 5.74) is 2.27. The van der Waals surface area contributed by atoms with E-state index in [1.54, 1.807) is 13.1 Å². The molecule has 3 rings (SSSR count). The van der Waals surface area contributed by atoms with E-state index < -0.39 is 0 Å². The second-order valence-electron chi connectivity index (χ2n) is 5.83. The molecule has 1 amide bonds. The van der Waals surface area contributed by atoms with Crippen molar-refractivity contribution in [2.24, 2.45) is 0 Å². The predicted molar refractivity (Wildman–Crippen MR) is 100.0 cm³/mol. The topological polar surface area (TPSA) is 48.5 Å². The molecule has 1 N–H and O–H groups in total. The molecular weight excluding hydrogens is 344 g/mol. The average molecular weight is 365 g/mol. The number of hydrogen-bond donors (Lipinski definition) is 1. The van der Waals surface area contributed by atoms with Crippen LogP contribution in [0.25, 0.3) is 0 Å². The van der Waals surface area contributed by atoms with E-state index in [9.17, 15) is 4.79 Å². The monoisotopic (exact) mass is 364 g/mol. The molecule has 5 nitrogen and oxygen atoms in total. The van der Waals surface area contributed by atoms with E-state index >= 15 is 0 Å². The molecular formula is C17H21ClN4OS. The summed E-state index contributed by atoms with van der Waals surface area (Å²) < 4.78 is 0.572. The number of carbonyl (C=O) groups is 1. The molecule has 128 valence electrons. The fraction of sp³-hybridized carbons (Fsp3) is 0.412.